The molecule has 2 aromatic carbocycles. The minimum atomic E-state index is -0.349. The summed E-state index contributed by atoms with van der Waals surface area (Å²) in [6, 6.07) is 12.3. The molecule has 0 bridgehead atoms. The van der Waals surface area contributed by atoms with E-state index in [9.17, 15) is 4.79 Å². The van der Waals surface area contributed by atoms with Crippen LogP contribution in [0.5, 0.6) is 5.75 Å². The third-order valence-electron chi connectivity index (χ3n) is 3.28. The topological polar surface area (TPSA) is 51.2 Å². The fourth-order valence-electron chi connectivity index (χ4n) is 2.06. The Bertz CT molecular complexity index is 879. The lowest BCUT2D eigenvalue weighted by Gasteiger charge is -2.04. The zero-order chi connectivity index (χ0) is 17.1. The maximum Gasteiger partial charge on any atom is 0.259 e. The van der Waals surface area contributed by atoms with Gasteiger partial charge in [0.2, 0.25) is 0 Å². The largest absolute Gasteiger partial charge is 0.497 e. The summed E-state index contributed by atoms with van der Waals surface area (Å²) >= 11 is 13.3. The van der Waals surface area contributed by atoms with Crippen molar-refractivity contribution in [1.82, 2.24) is 4.98 Å². The van der Waals surface area contributed by atoms with E-state index in [0.717, 1.165) is 17.0 Å². The van der Waals surface area contributed by atoms with Crippen molar-refractivity contribution in [1.29, 1.82) is 0 Å². The number of amides is 1. The van der Waals surface area contributed by atoms with Crippen LogP contribution in [-0.2, 0) is 0 Å². The molecule has 3 rings (SSSR count). The molecule has 1 N–H and O–H groups in total. The van der Waals surface area contributed by atoms with Crippen molar-refractivity contribution < 1.29 is 9.53 Å². The predicted molar refractivity (Wildman–Crippen MR) is 98.5 cm³/mol. The summed E-state index contributed by atoms with van der Waals surface area (Å²) in [6.45, 7) is 0. The van der Waals surface area contributed by atoms with Crippen LogP contribution in [-0.4, -0.2) is 18.0 Å². The fraction of sp³-hybridized carbons (Fsp3) is 0.0588. The van der Waals surface area contributed by atoms with Crippen molar-refractivity contribution in [3.8, 4) is 17.0 Å². The molecular weight excluding hydrogens is 367 g/mol. The average molecular weight is 379 g/mol. The Balaban J connectivity index is 1.78. The molecule has 122 valence electrons. The molecule has 1 heterocycles. The highest BCUT2D eigenvalue weighted by Gasteiger charge is 2.13. The van der Waals surface area contributed by atoms with Crippen LogP contribution in [0, 0.1) is 0 Å². The molecule has 0 saturated carbocycles. The Morgan fingerprint density at radius 1 is 1.17 bits per heavy atom. The van der Waals surface area contributed by atoms with Gasteiger partial charge in [-0.3, -0.25) is 10.1 Å². The van der Waals surface area contributed by atoms with E-state index in [1.165, 1.54) is 17.4 Å². The number of carbonyl (C=O) groups is 1. The quantitative estimate of drug-likeness (QED) is 0.662. The van der Waals surface area contributed by atoms with Gasteiger partial charge in [-0.2, -0.15) is 0 Å². The summed E-state index contributed by atoms with van der Waals surface area (Å²) < 4.78 is 5.13. The molecule has 0 atom stereocenters. The van der Waals surface area contributed by atoms with Gasteiger partial charge in [0.1, 0.15) is 5.75 Å². The first-order chi connectivity index (χ1) is 11.6. The number of nitrogens with zero attached hydrogens (tertiary/aromatic N) is 1. The molecule has 1 aromatic heterocycles. The Hall–Kier alpha value is -2.08. The highest BCUT2D eigenvalue weighted by molar-refractivity contribution is 7.14. The van der Waals surface area contributed by atoms with E-state index in [1.807, 2.05) is 29.6 Å². The van der Waals surface area contributed by atoms with Gasteiger partial charge in [-0.05, 0) is 42.5 Å². The number of methoxy groups -OCH3 is 1. The lowest BCUT2D eigenvalue weighted by Crippen LogP contribution is -2.12. The van der Waals surface area contributed by atoms with E-state index in [1.54, 1.807) is 19.2 Å². The van der Waals surface area contributed by atoms with Crippen LogP contribution in [0.2, 0.25) is 10.0 Å². The summed E-state index contributed by atoms with van der Waals surface area (Å²) in [7, 11) is 1.62. The van der Waals surface area contributed by atoms with Gasteiger partial charge < -0.3 is 4.74 Å². The number of halogens is 2. The number of hydrogen-bond acceptors (Lipinski definition) is 4. The van der Waals surface area contributed by atoms with E-state index in [0.29, 0.717) is 20.7 Å². The molecule has 0 saturated heterocycles. The van der Waals surface area contributed by atoms with Gasteiger partial charge in [0.25, 0.3) is 5.91 Å². The first-order valence-corrected chi connectivity index (χ1v) is 8.57. The van der Waals surface area contributed by atoms with Crippen LogP contribution in [0.4, 0.5) is 5.13 Å². The number of rotatable bonds is 4. The van der Waals surface area contributed by atoms with Gasteiger partial charge in [0, 0.05) is 16.0 Å². The van der Waals surface area contributed by atoms with Crippen molar-refractivity contribution in [2.45, 2.75) is 0 Å². The zero-order valence-corrected chi connectivity index (χ0v) is 14.9. The molecule has 0 spiro atoms. The van der Waals surface area contributed by atoms with Crippen LogP contribution < -0.4 is 10.1 Å². The smallest absolute Gasteiger partial charge is 0.259 e. The minimum Gasteiger partial charge on any atom is -0.497 e. The van der Waals surface area contributed by atoms with Gasteiger partial charge in [-0.25, -0.2) is 4.98 Å². The predicted octanol–water partition coefficient (Wildman–Crippen LogP) is 5.38. The van der Waals surface area contributed by atoms with Crippen LogP contribution in [0.1, 0.15) is 10.4 Å². The second-order valence-electron chi connectivity index (χ2n) is 4.84. The minimum absolute atomic E-state index is 0.311. The maximum atomic E-state index is 12.3. The number of anilines is 1. The standard InChI is InChI=1S/C17H12Cl2N2O2S/c1-23-12-5-2-10(3-6-12)15-9-24-17(20-15)21-16(22)13-8-11(18)4-7-14(13)19/h2-9H,1H3,(H,20,21,22). The normalized spacial score (nSPS) is 10.5. The summed E-state index contributed by atoms with van der Waals surface area (Å²) in [5.41, 5.74) is 2.02. The van der Waals surface area contributed by atoms with Gasteiger partial charge in [-0.15, -0.1) is 11.3 Å². The third kappa shape index (κ3) is 3.70. The number of aromatic nitrogens is 1. The molecule has 24 heavy (non-hydrogen) atoms. The van der Waals surface area contributed by atoms with Gasteiger partial charge in [-0.1, -0.05) is 23.2 Å². The van der Waals surface area contributed by atoms with Crippen LogP contribution in [0.15, 0.2) is 47.8 Å². The summed E-state index contributed by atoms with van der Waals surface area (Å²) in [5.74, 6) is 0.427. The van der Waals surface area contributed by atoms with E-state index in [-0.39, 0.29) is 5.91 Å². The second kappa shape index (κ2) is 7.21. The zero-order valence-electron chi connectivity index (χ0n) is 12.5. The second-order valence-corrected chi connectivity index (χ2v) is 6.55. The molecule has 7 heteroatoms. The van der Waals surface area contributed by atoms with Gasteiger partial charge >= 0.3 is 0 Å². The maximum absolute atomic E-state index is 12.3. The first-order valence-electron chi connectivity index (χ1n) is 6.93. The molecule has 0 aliphatic heterocycles. The molecular formula is C17H12Cl2N2O2S. The number of thiazole rings is 1. The van der Waals surface area contributed by atoms with Crippen molar-refractivity contribution in [3.63, 3.8) is 0 Å². The Labute approximate surface area is 153 Å². The summed E-state index contributed by atoms with van der Waals surface area (Å²) in [5, 5.41) is 5.88. The number of ether oxygens (including phenoxy) is 1. The van der Waals surface area contributed by atoms with Crippen molar-refractivity contribution in [2.24, 2.45) is 0 Å². The number of carbonyl (C=O) groups excluding carboxylic acids is 1. The fourth-order valence-corrected chi connectivity index (χ4v) is 3.15. The number of benzene rings is 2. The number of nitrogens with one attached hydrogen (secondary N) is 1. The van der Waals surface area contributed by atoms with Crippen LogP contribution >= 0.6 is 34.5 Å². The van der Waals surface area contributed by atoms with E-state index < -0.39 is 0 Å². The molecule has 3 aromatic rings. The van der Waals surface area contributed by atoms with Crippen LogP contribution in [0.3, 0.4) is 0 Å². The molecule has 0 unspecified atom stereocenters. The van der Waals surface area contributed by atoms with Crippen molar-refractivity contribution >= 4 is 45.6 Å². The molecule has 0 aliphatic rings. The molecule has 0 radical (unpaired) electrons. The Morgan fingerprint density at radius 3 is 2.62 bits per heavy atom. The first kappa shape index (κ1) is 16.8. The SMILES string of the molecule is COc1ccc(-c2csc(NC(=O)c3cc(Cl)ccc3Cl)n2)cc1. The van der Waals surface area contributed by atoms with E-state index in [4.69, 9.17) is 27.9 Å². The number of hydrogen-bond donors (Lipinski definition) is 1. The molecule has 1 amide bonds. The third-order valence-corrected chi connectivity index (χ3v) is 4.61. The van der Waals surface area contributed by atoms with E-state index in [2.05, 4.69) is 10.3 Å². The highest BCUT2D eigenvalue weighted by Crippen LogP contribution is 2.27. The van der Waals surface area contributed by atoms with Gasteiger partial charge in [0.05, 0.1) is 23.4 Å². The molecule has 0 aliphatic carbocycles. The summed E-state index contributed by atoms with van der Waals surface area (Å²) in [6.07, 6.45) is 0. The monoisotopic (exact) mass is 378 g/mol. The summed E-state index contributed by atoms with van der Waals surface area (Å²) in [4.78, 5) is 16.7. The van der Waals surface area contributed by atoms with E-state index >= 15 is 0 Å². The molecule has 4 nitrogen and oxygen atoms in total. The average Bonchev–Trinajstić information content (AvgIpc) is 3.05. The highest BCUT2D eigenvalue weighted by atomic mass is 35.5. The Kier molecular flexibility index (Phi) is 5.04. The molecule has 0 fully saturated rings. The lowest BCUT2D eigenvalue weighted by molar-refractivity contribution is 0.102. The van der Waals surface area contributed by atoms with Crippen LogP contribution in [0.25, 0.3) is 11.3 Å². The lowest BCUT2D eigenvalue weighted by atomic mass is 10.2. The van der Waals surface area contributed by atoms with Crippen molar-refractivity contribution in [2.75, 3.05) is 12.4 Å². The Morgan fingerprint density at radius 2 is 1.92 bits per heavy atom. The van der Waals surface area contributed by atoms with Crippen molar-refractivity contribution in [3.05, 3.63) is 63.5 Å². The van der Waals surface area contributed by atoms with Gasteiger partial charge in [0.15, 0.2) is 5.13 Å².